The summed E-state index contributed by atoms with van der Waals surface area (Å²) in [6, 6.07) is 0.108. The monoisotopic (exact) mass is 310 g/mol. The predicted molar refractivity (Wildman–Crippen MR) is 83.7 cm³/mol. The van der Waals surface area contributed by atoms with Crippen LogP contribution in [-0.2, 0) is 4.74 Å². The summed E-state index contributed by atoms with van der Waals surface area (Å²) in [6.07, 6.45) is 3.53. The molecule has 1 aromatic heterocycles. The number of hydrogen-bond donors (Lipinski definition) is 3. The molecule has 0 radical (unpaired) electrons. The zero-order valence-corrected chi connectivity index (χ0v) is 13.4. The van der Waals surface area contributed by atoms with Crippen LogP contribution in [0.1, 0.15) is 49.7 Å². The number of amides is 1. The van der Waals surface area contributed by atoms with Gasteiger partial charge in [0.2, 0.25) is 0 Å². The molecule has 2 bridgehead atoms. The lowest BCUT2D eigenvalue weighted by molar-refractivity contribution is 0.0844. The number of thiazole rings is 1. The van der Waals surface area contributed by atoms with Crippen molar-refractivity contribution >= 4 is 28.2 Å². The van der Waals surface area contributed by atoms with Gasteiger partial charge in [0.1, 0.15) is 10.7 Å². The molecule has 3 heterocycles. The summed E-state index contributed by atoms with van der Waals surface area (Å²) >= 11 is 1.30. The third-order valence-corrected chi connectivity index (χ3v) is 4.75. The fourth-order valence-corrected chi connectivity index (χ4v) is 3.89. The first kappa shape index (κ1) is 14.6. The second kappa shape index (κ2) is 5.14. The first-order valence-electron chi connectivity index (χ1n) is 7.32. The molecular formula is C14H22N4O2S. The molecule has 1 amide bonds. The van der Waals surface area contributed by atoms with Crippen molar-refractivity contribution in [3.05, 3.63) is 4.88 Å². The van der Waals surface area contributed by atoms with Gasteiger partial charge in [0.25, 0.3) is 5.91 Å². The number of nitrogen functional groups attached to an aromatic ring is 1. The van der Waals surface area contributed by atoms with Gasteiger partial charge in [0, 0.05) is 5.54 Å². The van der Waals surface area contributed by atoms with E-state index in [1.807, 2.05) is 20.8 Å². The van der Waals surface area contributed by atoms with E-state index in [1.165, 1.54) is 11.3 Å². The minimum atomic E-state index is -0.145. The molecule has 2 aliphatic heterocycles. The van der Waals surface area contributed by atoms with Crippen molar-refractivity contribution in [2.75, 3.05) is 11.1 Å². The molecule has 3 rings (SSSR count). The van der Waals surface area contributed by atoms with Gasteiger partial charge in [-0.1, -0.05) is 11.3 Å². The summed E-state index contributed by atoms with van der Waals surface area (Å²) in [6.45, 7) is 6.12. The number of hydrogen-bond acceptors (Lipinski definition) is 6. The van der Waals surface area contributed by atoms with Crippen molar-refractivity contribution in [1.29, 1.82) is 0 Å². The minimum absolute atomic E-state index is 0.108. The standard InChI is InChI=1S/C14H22N4O2S/c1-14(2,3)18-13-17-11(15)10(21-13)12(19)16-8-6-7-4-5-9(8)20-7/h7-9H,4-6,15H2,1-3H3,(H,16,19)(H,17,18). The Morgan fingerprint density at radius 2 is 2.19 bits per heavy atom. The predicted octanol–water partition coefficient (Wildman–Crippen LogP) is 1.99. The Kier molecular flexibility index (Phi) is 3.57. The number of anilines is 2. The number of nitrogens with one attached hydrogen (secondary N) is 2. The van der Waals surface area contributed by atoms with Crippen LogP contribution in [0.3, 0.4) is 0 Å². The van der Waals surface area contributed by atoms with E-state index in [0.717, 1.165) is 19.3 Å². The van der Waals surface area contributed by atoms with Gasteiger partial charge in [-0.3, -0.25) is 4.79 Å². The van der Waals surface area contributed by atoms with Crippen molar-refractivity contribution in [3.8, 4) is 0 Å². The molecule has 21 heavy (non-hydrogen) atoms. The van der Waals surface area contributed by atoms with Crippen molar-refractivity contribution in [2.24, 2.45) is 0 Å². The quantitative estimate of drug-likeness (QED) is 0.794. The van der Waals surface area contributed by atoms with E-state index in [1.54, 1.807) is 0 Å². The second-order valence-electron chi connectivity index (χ2n) is 6.80. The van der Waals surface area contributed by atoms with Crippen molar-refractivity contribution in [2.45, 2.75) is 63.8 Å². The molecule has 3 atom stereocenters. The van der Waals surface area contributed by atoms with Crippen LogP contribution >= 0.6 is 11.3 Å². The summed E-state index contributed by atoms with van der Waals surface area (Å²) in [7, 11) is 0. The van der Waals surface area contributed by atoms with E-state index in [0.29, 0.717) is 16.1 Å². The first-order chi connectivity index (χ1) is 9.82. The van der Waals surface area contributed by atoms with E-state index in [-0.39, 0.29) is 29.4 Å². The summed E-state index contributed by atoms with van der Waals surface area (Å²) in [4.78, 5) is 17.1. The van der Waals surface area contributed by atoms with Gasteiger partial charge >= 0.3 is 0 Å². The normalized spacial score (nSPS) is 27.9. The average molecular weight is 310 g/mol. The molecular weight excluding hydrogens is 288 g/mol. The number of ether oxygens (including phenoxy) is 1. The molecule has 0 saturated carbocycles. The Labute approximate surface area is 128 Å². The van der Waals surface area contributed by atoms with Crippen LogP contribution in [0.2, 0.25) is 0 Å². The number of nitrogens with zero attached hydrogens (tertiary/aromatic N) is 1. The molecule has 1 aromatic rings. The summed E-state index contributed by atoms with van der Waals surface area (Å²) in [5.41, 5.74) is 5.76. The topological polar surface area (TPSA) is 89.3 Å². The van der Waals surface area contributed by atoms with E-state index < -0.39 is 0 Å². The second-order valence-corrected chi connectivity index (χ2v) is 7.80. The van der Waals surface area contributed by atoms with Crippen LogP contribution in [0.4, 0.5) is 10.9 Å². The zero-order chi connectivity index (χ0) is 15.2. The molecule has 2 fully saturated rings. The average Bonchev–Trinajstić information content (AvgIpc) is 3.02. The summed E-state index contributed by atoms with van der Waals surface area (Å²) in [5, 5.41) is 6.96. The lowest BCUT2D eigenvalue weighted by Crippen LogP contribution is -2.41. The molecule has 2 aliphatic rings. The largest absolute Gasteiger partial charge is 0.382 e. The molecule has 2 saturated heterocycles. The highest BCUT2D eigenvalue weighted by Gasteiger charge is 2.41. The number of nitrogens with two attached hydrogens (primary N) is 1. The maximum Gasteiger partial charge on any atom is 0.265 e. The molecule has 3 unspecified atom stereocenters. The van der Waals surface area contributed by atoms with Crippen molar-refractivity contribution in [1.82, 2.24) is 10.3 Å². The molecule has 0 aromatic carbocycles. The molecule has 7 heteroatoms. The van der Waals surface area contributed by atoms with Crippen LogP contribution in [0, 0.1) is 0 Å². The Balaban J connectivity index is 1.67. The summed E-state index contributed by atoms with van der Waals surface area (Å²) in [5.74, 6) is 0.140. The van der Waals surface area contributed by atoms with Crippen LogP contribution in [0.5, 0.6) is 0 Å². The van der Waals surface area contributed by atoms with Crippen LogP contribution in [-0.4, -0.2) is 34.7 Å². The van der Waals surface area contributed by atoms with Gasteiger partial charge in [-0.05, 0) is 40.0 Å². The van der Waals surface area contributed by atoms with Gasteiger partial charge in [-0.15, -0.1) is 0 Å². The molecule has 6 nitrogen and oxygen atoms in total. The number of rotatable bonds is 3. The Morgan fingerprint density at radius 3 is 2.76 bits per heavy atom. The number of aromatic nitrogens is 1. The maximum atomic E-state index is 12.4. The fraction of sp³-hybridized carbons (Fsp3) is 0.714. The Morgan fingerprint density at radius 1 is 1.43 bits per heavy atom. The maximum absolute atomic E-state index is 12.4. The third-order valence-electron chi connectivity index (χ3n) is 3.76. The van der Waals surface area contributed by atoms with E-state index >= 15 is 0 Å². The Bertz CT molecular complexity index is 552. The van der Waals surface area contributed by atoms with Crippen molar-refractivity contribution < 1.29 is 9.53 Å². The first-order valence-corrected chi connectivity index (χ1v) is 8.14. The van der Waals surface area contributed by atoms with Gasteiger partial charge in [-0.2, -0.15) is 0 Å². The zero-order valence-electron chi connectivity index (χ0n) is 12.6. The molecule has 0 aliphatic carbocycles. The van der Waals surface area contributed by atoms with Crippen LogP contribution in [0.15, 0.2) is 0 Å². The Hall–Kier alpha value is -1.34. The van der Waals surface area contributed by atoms with Gasteiger partial charge in [-0.25, -0.2) is 4.98 Å². The SMILES string of the molecule is CC(C)(C)Nc1nc(N)c(C(=O)NC2CC3CCC2O3)s1. The van der Waals surface area contributed by atoms with Gasteiger partial charge in [0.05, 0.1) is 18.2 Å². The van der Waals surface area contributed by atoms with Gasteiger partial charge < -0.3 is 21.1 Å². The molecule has 4 N–H and O–H groups in total. The van der Waals surface area contributed by atoms with E-state index in [4.69, 9.17) is 10.5 Å². The molecule has 116 valence electrons. The minimum Gasteiger partial charge on any atom is -0.382 e. The van der Waals surface area contributed by atoms with E-state index in [2.05, 4.69) is 15.6 Å². The number of fused-ring (bicyclic) bond motifs is 2. The number of carbonyl (C=O) groups is 1. The highest BCUT2D eigenvalue weighted by atomic mass is 32.1. The smallest absolute Gasteiger partial charge is 0.265 e. The lowest BCUT2D eigenvalue weighted by Gasteiger charge is -2.20. The van der Waals surface area contributed by atoms with Crippen LogP contribution in [0.25, 0.3) is 0 Å². The highest BCUT2D eigenvalue weighted by Crippen LogP contribution is 2.35. The lowest BCUT2D eigenvalue weighted by atomic mass is 9.95. The number of carbonyl (C=O) groups excluding carboxylic acids is 1. The third kappa shape index (κ3) is 3.13. The highest BCUT2D eigenvalue weighted by molar-refractivity contribution is 7.18. The molecule has 0 spiro atoms. The van der Waals surface area contributed by atoms with Crippen molar-refractivity contribution in [3.63, 3.8) is 0 Å². The van der Waals surface area contributed by atoms with Gasteiger partial charge in [0.15, 0.2) is 5.13 Å². The summed E-state index contributed by atoms with van der Waals surface area (Å²) < 4.78 is 5.75. The fourth-order valence-electron chi connectivity index (χ4n) is 2.89. The van der Waals surface area contributed by atoms with Crippen LogP contribution < -0.4 is 16.4 Å². The van der Waals surface area contributed by atoms with E-state index in [9.17, 15) is 4.79 Å².